The van der Waals surface area contributed by atoms with Gasteiger partial charge in [-0.05, 0) is 26.0 Å². The molecule has 5 nitrogen and oxygen atoms in total. The van der Waals surface area contributed by atoms with Gasteiger partial charge < -0.3 is 19.9 Å². The van der Waals surface area contributed by atoms with Gasteiger partial charge in [-0.1, -0.05) is 5.92 Å². The Balaban J connectivity index is 2.89. The van der Waals surface area contributed by atoms with E-state index in [1.165, 1.54) is 7.11 Å². The molecule has 0 fully saturated rings. The molecule has 0 saturated heterocycles. The lowest BCUT2D eigenvalue weighted by Crippen LogP contribution is -2.36. The van der Waals surface area contributed by atoms with Crippen LogP contribution in [-0.4, -0.2) is 30.8 Å². The monoisotopic (exact) mass is 277 g/mol. The highest BCUT2D eigenvalue weighted by molar-refractivity contribution is 5.81. The number of aliphatic hydroxyl groups excluding tert-OH is 1. The Morgan fingerprint density at radius 2 is 2.20 bits per heavy atom. The Morgan fingerprint density at radius 3 is 2.75 bits per heavy atom. The van der Waals surface area contributed by atoms with Gasteiger partial charge in [-0.25, -0.2) is 0 Å². The van der Waals surface area contributed by atoms with Crippen molar-refractivity contribution in [3.05, 3.63) is 23.8 Å². The molecule has 5 heteroatoms. The minimum atomic E-state index is -0.729. The number of rotatable bonds is 6. The Labute approximate surface area is 118 Å². The number of nitrogens with one attached hydrogen (secondary N) is 1. The van der Waals surface area contributed by atoms with Gasteiger partial charge in [-0.2, -0.15) is 0 Å². The second kappa shape index (κ2) is 7.41. The lowest BCUT2D eigenvalue weighted by molar-refractivity contribution is -0.127. The van der Waals surface area contributed by atoms with Crippen LogP contribution in [0.5, 0.6) is 11.5 Å². The summed E-state index contributed by atoms with van der Waals surface area (Å²) in [6, 6.07) is 5.05. The zero-order chi connectivity index (χ0) is 15.1. The number of hydrogen-bond acceptors (Lipinski definition) is 4. The van der Waals surface area contributed by atoms with Crippen molar-refractivity contribution in [3.63, 3.8) is 0 Å². The van der Waals surface area contributed by atoms with Crippen LogP contribution in [0.15, 0.2) is 18.2 Å². The molecule has 0 aliphatic carbocycles. The van der Waals surface area contributed by atoms with Gasteiger partial charge in [0.1, 0.15) is 11.5 Å². The van der Waals surface area contributed by atoms with Crippen LogP contribution in [0.2, 0.25) is 0 Å². The van der Waals surface area contributed by atoms with Crippen molar-refractivity contribution < 1.29 is 19.4 Å². The van der Waals surface area contributed by atoms with Crippen LogP contribution in [0.3, 0.4) is 0 Å². The molecule has 1 aromatic rings. The molecule has 0 aromatic heterocycles. The maximum absolute atomic E-state index is 11.7. The molecule has 1 amide bonds. The summed E-state index contributed by atoms with van der Waals surface area (Å²) < 4.78 is 10.7. The van der Waals surface area contributed by atoms with E-state index in [0.29, 0.717) is 17.1 Å². The average Bonchev–Trinajstić information content (AvgIpc) is 2.44. The second-order valence-corrected chi connectivity index (χ2v) is 4.26. The third kappa shape index (κ3) is 4.18. The molecule has 1 aromatic carbocycles. The van der Waals surface area contributed by atoms with Crippen molar-refractivity contribution >= 4 is 5.91 Å². The predicted molar refractivity (Wildman–Crippen MR) is 75.6 cm³/mol. The maximum Gasteiger partial charge on any atom is 0.261 e. The van der Waals surface area contributed by atoms with Crippen LogP contribution in [0.25, 0.3) is 0 Å². The summed E-state index contributed by atoms with van der Waals surface area (Å²) in [5.74, 6) is 2.99. The first kappa shape index (κ1) is 15.9. The Morgan fingerprint density at radius 1 is 1.50 bits per heavy atom. The van der Waals surface area contributed by atoms with Gasteiger partial charge in [-0.3, -0.25) is 4.79 Å². The SMILES string of the molecule is C#CCNC(=O)C(C)Oc1cc(OC)ccc1C(C)O. The molecule has 108 valence electrons. The van der Waals surface area contributed by atoms with E-state index in [2.05, 4.69) is 11.2 Å². The normalized spacial score (nSPS) is 12.9. The smallest absolute Gasteiger partial charge is 0.261 e. The summed E-state index contributed by atoms with van der Waals surface area (Å²) in [7, 11) is 1.53. The summed E-state index contributed by atoms with van der Waals surface area (Å²) in [5.41, 5.74) is 0.586. The summed E-state index contributed by atoms with van der Waals surface area (Å²) in [4.78, 5) is 11.7. The number of carbonyl (C=O) groups is 1. The molecule has 0 radical (unpaired) electrons. The Kier molecular flexibility index (Phi) is 5.88. The van der Waals surface area contributed by atoms with E-state index in [1.54, 1.807) is 32.0 Å². The quantitative estimate of drug-likeness (QED) is 0.768. The van der Waals surface area contributed by atoms with Crippen LogP contribution in [0.1, 0.15) is 25.5 Å². The molecule has 20 heavy (non-hydrogen) atoms. The van der Waals surface area contributed by atoms with Crippen molar-refractivity contribution in [2.45, 2.75) is 26.1 Å². The van der Waals surface area contributed by atoms with Crippen LogP contribution < -0.4 is 14.8 Å². The summed E-state index contributed by atoms with van der Waals surface area (Å²) in [6.45, 7) is 3.38. The zero-order valence-electron chi connectivity index (χ0n) is 11.8. The van der Waals surface area contributed by atoms with Crippen LogP contribution in [-0.2, 0) is 4.79 Å². The van der Waals surface area contributed by atoms with Crippen molar-refractivity contribution in [1.29, 1.82) is 0 Å². The van der Waals surface area contributed by atoms with Gasteiger partial charge >= 0.3 is 0 Å². The number of ether oxygens (including phenoxy) is 2. The van der Waals surface area contributed by atoms with E-state index >= 15 is 0 Å². The summed E-state index contributed by atoms with van der Waals surface area (Å²) >= 11 is 0. The lowest BCUT2D eigenvalue weighted by Gasteiger charge is -2.18. The van der Waals surface area contributed by atoms with E-state index in [0.717, 1.165) is 0 Å². The summed E-state index contributed by atoms with van der Waals surface area (Å²) in [5, 5.41) is 12.2. The van der Waals surface area contributed by atoms with Gasteiger partial charge in [0.05, 0.1) is 19.8 Å². The molecule has 0 spiro atoms. The Hall–Kier alpha value is -2.19. The van der Waals surface area contributed by atoms with E-state index in [4.69, 9.17) is 15.9 Å². The fraction of sp³-hybridized carbons (Fsp3) is 0.400. The highest BCUT2D eigenvalue weighted by Gasteiger charge is 2.18. The average molecular weight is 277 g/mol. The van der Waals surface area contributed by atoms with Crippen molar-refractivity contribution in [1.82, 2.24) is 5.32 Å². The van der Waals surface area contributed by atoms with E-state index in [1.807, 2.05) is 0 Å². The minimum Gasteiger partial charge on any atom is -0.497 e. The first-order chi connectivity index (χ1) is 9.49. The second-order valence-electron chi connectivity index (χ2n) is 4.26. The number of benzene rings is 1. The van der Waals surface area contributed by atoms with Crippen LogP contribution in [0, 0.1) is 12.3 Å². The van der Waals surface area contributed by atoms with E-state index in [9.17, 15) is 9.90 Å². The number of hydrogen-bond donors (Lipinski definition) is 2. The highest BCUT2D eigenvalue weighted by Crippen LogP contribution is 2.30. The van der Waals surface area contributed by atoms with Gasteiger partial charge in [-0.15, -0.1) is 6.42 Å². The molecule has 0 bridgehead atoms. The third-order valence-corrected chi connectivity index (χ3v) is 2.71. The lowest BCUT2D eigenvalue weighted by atomic mass is 10.1. The number of carbonyl (C=O) groups excluding carboxylic acids is 1. The molecular formula is C15H19NO4. The third-order valence-electron chi connectivity index (χ3n) is 2.71. The number of amides is 1. The molecule has 0 aliphatic heterocycles. The number of aliphatic hydroxyl groups is 1. The molecule has 1 rings (SSSR count). The standard InChI is InChI=1S/C15H19NO4/c1-5-8-16-15(18)11(3)20-14-9-12(19-4)6-7-13(14)10(2)17/h1,6-7,9-11,17H,8H2,2-4H3,(H,16,18). The summed E-state index contributed by atoms with van der Waals surface area (Å²) in [6.07, 6.45) is 3.64. The zero-order valence-corrected chi connectivity index (χ0v) is 11.8. The molecule has 0 saturated carbocycles. The van der Waals surface area contributed by atoms with Crippen molar-refractivity contribution in [3.8, 4) is 23.8 Å². The molecule has 2 unspecified atom stereocenters. The van der Waals surface area contributed by atoms with Crippen molar-refractivity contribution in [2.24, 2.45) is 0 Å². The van der Waals surface area contributed by atoms with Gasteiger partial charge in [0, 0.05) is 11.6 Å². The molecular weight excluding hydrogens is 258 g/mol. The number of terminal acetylenes is 1. The van der Waals surface area contributed by atoms with Gasteiger partial charge in [0.25, 0.3) is 5.91 Å². The van der Waals surface area contributed by atoms with E-state index < -0.39 is 12.2 Å². The van der Waals surface area contributed by atoms with Crippen LogP contribution in [0.4, 0.5) is 0 Å². The Bertz CT molecular complexity index is 505. The molecule has 0 aliphatic rings. The maximum atomic E-state index is 11.7. The van der Waals surface area contributed by atoms with Gasteiger partial charge in [0.15, 0.2) is 6.10 Å². The fourth-order valence-electron chi connectivity index (χ4n) is 1.61. The molecule has 2 N–H and O–H groups in total. The van der Waals surface area contributed by atoms with Crippen molar-refractivity contribution in [2.75, 3.05) is 13.7 Å². The first-order valence-corrected chi connectivity index (χ1v) is 6.23. The number of methoxy groups -OCH3 is 1. The predicted octanol–water partition coefficient (Wildman–Crippen LogP) is 1.27. The molecule has 0 heterocycles. The fourth-order valence-corrected chi connectivity index (χ4v) is 1.61. The highest BCUT2D eigenvalue weighted by atomic mass is 16.5. The molecule has 2 atom stereocenters. The largest absolute Gasteiger partial charge is 0.497 e. The van der Waals surface area contributed by atoms with E-state index in [-0.39, 0.29) is 12.5 Å². The first-order valence-electron chi connectivity index (χ1n) is 6.23. The van der Waals surface area contributed by atoms with Gasteiger partial charge in [0.2, 0.25) is 0 Å². The van der Waals surface area contributed by atoms with Crippen LogP contribution >= 0.6 is 0 Å². The topological polar surface area (TPSA) is 67.8 Å². The minimum absolute atomic E-state index is 0.147.